The minimum absolute atomic E-state index is 0.00223. The largest absolute Gasteiger partial charge is 0.508 e. The van der Waals surface area contributed by atoms with E-state index in [0.717, 1.165) is 5.56 Å². The lowest BCUT2D eigenvalue weighted by molar-refractivity contribution is 0.0996. The lowest BCUT2D eigenvalue weighted by Gasteiger charge is -2.08. The second kappa shape index (κ2) is 4.95. The summed E-state index contributed by atoms with van der Waals surface area (Å²) < 4.78 is 37.5. The van der Waals surface area contributed by atoms with Crippen LogP contribution in [0.2, 0.25) is 0 Å². The number of carbonyl (C=O) groups excluding carboxylic acids is 1. The number of cyclic esters (lactones) is 2. The van der Waals surface area contributed by atoms with Crippen LogP contribution in [-0.4, -0.2) is 33.9 Å². The molecule has 0 radical (unpaired) electrons. The number of benzene rings is 1. The maximum absolute atomic E-state index is 11.8. The minimum Gasteiger partial charge on any atom is -0.430 e. The van der Waals surface area contributed by atoms with Crippen molar-refractivity contribution in [3.63, 3.8) is 0 Å². The maximum Gasteiger partial charge on any atom is 0.508 e. The molecule has 1 aromatic carbocycles. The van der Waals surface area contributed by atoms with Gasteiger partial charge >= 0.3 is 6.16 Å². The Hall–Kier alpha value is -1.60. The van der Waals surface area contributed by atoms with E-state index in [1.54, 1.807) is 12.1 Å². The van der Waals surface area contributed by atoms with Crippen molar-refractivity contribution in [1.82, 2.24) is 0 Å². The second-order valence-corrected chi connectivity index (χ2v) is 5.47. The molecule has 1 atom stereocenters. The Morgan fingerprint density at radius 2 is 2.00 bits per heavy atom. The minimum atomic E-state index is -3.83. The molecular weight excluding hydrogens is 260 g/mol. The zero-order valence-electron chi connectivity index (χ0n) is 9.66. The summed E-state index contributed by atoms with van der Waals surface area (Å²) in [6, 6.07) is 6.27. The SMILES string of the molecule is Cc1ccc(S(=O)(=O)OC[C@H]2COC(=O)O2)cc1. The van der Waals surface area contributed by atoms with Gasteiger partial charge in [0.1, 0.15) is 13.2 Å². The quantitative estimate of drug-likeness (QED) is 0.606. The molecule has 0 aromatic heterocycles. The molecule has 18 heavy (non-hydrogen) atoms. The second-order valence-electron chi connectivity index (χ2n) is 3.85. The van der Waals surface area contributed by atoms with Gasteiger partial charge < -0.3 is 9.47 Å². The van der Waals surface area contributed by atoms with Gasteiger partial charge in [-0.15, -0.1) is 0 Å². The van der Waals surface area contributed by atoms with E-state index in [1.807, 2.05) is 6.92 Å². The predicted molar refractivity (Wildman–Crippen MR) is 60.5 cm³/mol. The van der Waals surface area contributed by atoms with E-state index in [-0.39, 0.29) is 18.1 Å². The molecule has 0 spiro atoms. The standard InChI is InChI=1S/C11H12O6S/c1-8-2-4-10(5-3-8)18(13,14)16-7-9-6-15-11(12)17-9/h2-5,9H,6-7H2,1H3/t9-/m1/s1. The molecule has 0 saturated carbocycles. The van der Waals surface area contributed by atoms with Gasteiger partial charge in [0.2, 0.25) is 0 Å². The van der Waals surface area contributed by atoms with Crippen molar-refractivity contribution >= 4 is 16.3 Å². The van der Waals surface area contributed by atoms with Gasteiger partial charge in [0, 0.05) is 0 Å². The molecule has 1 fully saturated rings. The number of hydrogen-bond acceptors (Lipinski definition) is 6. The highest BCUT2D eigenvalue weighted by Crippen LogP contribution is 2.15. The molecule has 1 heterocycles. The Bertz CT molecular complexity index is 533. The molecule has 98 valence electrons. The first-order valence-corrected chi connectivity index (χ1v) is 6.68. The first-order chi connectivity index (χ1) is 8.47. The average molecular weight is 272 g/mol. The van der Waals surface area contributed by atoms with Crippen LogP contribution in [0.4, 0.5) is 4.79 Å². The fourth-order valence-corrected chi connectivity index (χ4v) is 2.32. The molecule has 0 bridgehead atoms. The van der Waals surface area contributed by atoms with Crippen molar-refractivity contribution in [1.29, 1.82) is 0 Å². The molecule has 7 heteroatoms. The third kappa shape index (κ3) is 2.99. The van der Waals surface area contributed by atoms with Crippen molar-refractivity contribution in [3.8, 4) is 0 Å². The van der Waals surface area contributed by atoms with Crippen LogP contribution in [0.1, 0.15) is 5.56 Å². The lowest BCUT2D eigenvalue weighted by atomic mass is 10.2. The zero-order valence-corrected chi connectivity index (χ0v) is 10.5. The molecule has 1 saturated heterocycles. The first-order valence-electron chi connectivity index (χ1n) is 5.27. The van der Waals surface area contributed by atoms with Gasteiger partial charge in [0.25, 0.3) is 10.1 Å². The molecule has 0 unspecified atom stereocenters. The summed E-state index contributed by atoms with van der Waals surface area (Å²) in [4.78, 5) is 10.7. The molecule has 6 nitrogen and oxygen atoms in total. The van der Waals surface area contributed by atoms with Gasteiger partial charge in [-0.05, 0) is 19.1 Å². The summed E-state index contributed by atoms with van der Waals surface area (Å²) in [6.07, 6.45) is -1.49. The Kier molecular flexibility index (Phi) is 3.53. The third-order valence-corrected chi connectivity index (χ3v) is 3.66. The van der Waals surface area contributed by atoms with Gasteiger partial charge in [0.05, 0.1) is 4.90 Å². The number of aryl methyl sites for hydroxylation is 1. The molecule has 1 aliphatic rings. The van der Waals surface area contributed by atoms with Gasteiger partial charge in [-0.3, -0.25) is 4.18 Å². The molecule has 1 aliphatic heterocycles. The van der Waals surface area contributed by atoms with Gasteiger partial charge in [-0.1, -0.05) is 17.7 Å². The molecule has 0 amide bonds. The number of hydrogen-bond donors (Lipinski definition) is 0. The zero-order chi connectivity index (χ0) is 13.2. The number of ether oxygens (including phenoxy) is 2. The van der Waals surface area contributed by atoms with Crippen LogP contribution in [0.15, 0.2) is 29.2 Å². The summed E-state index contributed by atoms with van der Waals surface area (Å²) in [7, 11) is -3.83. The maximum atomic E-state index is 11.8. The highest BCUT2D eigenvalue weighted by Gasteiger charge is 2.27. The van der Waals surface area contributed by atoms with E-state index in [2.05, 4.69) is 9.47 Å². The van der Waals surface area contributed by atoms with E-state index in [4.69, 9.17) is 4.18 Å². The molecule has 2 rings (SSSR count). The summed E-state index contributed by atoms with van der Waals surface area (Å²) in [5.74, 6) is 0. The normalized spacial score (nSPS) is 19.4. The first kappa shape index (κ1) is 12.8. The van der Waals surface area contributed by atoms with Gasteiger partial charge in [-0.2, -0.15) is 8.42 Å². The van der Waals surface area contributed by atoms with Crippen molar-refractivity contribution in [3.05, 3.63) is 29.8 Å². The average Bonchev–Trinajstić information content (AvgIpc) is 2.73. The summed E-state index contributed by atoms with van der Waals surface area (Å²) in [5.41, 5.74) is 0.951. The highest BCUT2D eigenvalue weighted by atomic mass is 32.2. The third-order valence-electron chi connectivity index (χ3n) is 2.37. The monoisotopic (exact) mass is 272 g/mol. The van der Waals surface area contributed by atoms with Crippen LogP contribution in [0.3, 0.4) is 0 Å². The molecule has 1 aromatic rings. The highest BCUT2D eigenvalue weighted by molar-refractivity contribution is 7.86. The van der Waals surface area contributed by atoms with E-state index in [9.17, 15) is 13.2 Å². The van der Waals surface area contributed by atoms with E-state index >= 15 is 0 Å². The van der Waals surface area contributed by atoms with Crippen LogP contribution >= 0.6 is 0 Å². The smallest absolute Gasteiger partial charge is 0.430 e. The van der Waals surface area contributed by atoms with Crippen molar-refractivity contribution in [2.75, 3.05) is 13.2 Å². The Morgan fingerprint density at radius 3 is 2.56 bits per heavy atom. The fourth-order valence-electron chi connectivity index (χ4n) is 1.39. The van der Waals surface area contributed by atoms with E-state index in [0.29, 0.717) is 0 Å². The van der Waals surface area contributed by atoms with E-state index in [1.165, 1.54) is 12.1 Å². The van der Waals surface area contributed by atoms with Crippen LogP contribution in [0, 0.1) is 6.92 Å². The van der Waals surface area contributed by atoms with Crippen LogP contribution in [0.5, 0.6) is 0 Å². The molecular formula is C11H12O6S. The Morgan fingerprint density at radius 1 is 1.33 bits per heavy atom. The summed E-state index contributed by atoms with van der Waals surface area (Å²) >= 11 is 0. The van der Waals surface area contributed by atoms with Gasteiger partial charge in [0.15, 0.2) is 6.10 Å². The fraction of sp³-hybridized carbons (Fsp3) is 0.364. The Labute approximate surface area is 105 Å². The van der Waals surface area contributed by atoms with Crippen molar-refractivity contribution < 1.29 is 26.9 Å². The number of rotatable bonds is 4. The Balaban J connectivity index is 1.99. The van der Waals surface area contributed by atoms with Crippen LogP contribution in [0.25, 0.3) is 0 Å². The number of carbonyl (C=O) groups is 1. The van der Waals surface area contributed by atoms with Crippen molar-refractivity contribution in [2.24, 2.45) is 0 Å². The van der Waals surface area contributed by atoms with Gasteiger partial charge in [-0.25, -0.2) is 4.79 Å². The van der Waals surface area contributed by atoms with Crippen molar-refractivity contribution in [2.45, 2.75) is 17.9 Å². The molecule has 0 N–H and O–H groups in total. The summed E-state index contributed by atoms with van der Waals surface area (Å²) in [5, 5.41) is 0. The van der Waals surface area contributed by atoms with Crippen LogP contribution < -0.4 is 0 Å². The predicted octanol–water partition coefficient (Wildman–Crippen LogP) is 1.24. The van der Waals surface area contributed by atoms with Crippen LogP contribution in [-0.2, 0) is 23.8 Å². The topological polar surface area (TPSA) is 78.9 Å². The summed E-state index contributed by atoms with van der Waals surface area (Å²) in [6.45, 7) is 1.61. The van der Waals surface area contributed by atoms with E-state index < -0.39 is 22.4 Å². The molecule has 0 aliphatic carbocycles. The lowest BCUT2D eigenvalue weighted by Crippen LogP contribution is -2.21.